The third-order valence-electron chi connectivity index (χ3n) is 8.94. The number of pyridine rings is 2. The number of thiophene rings is 1. The van der Waals surface area contributed by atoms with Crippen LogP contribution in [0.2, 0.25) is 19.6 Å². The van der Waals surface area contributed by atoms with Gasteiger partial charge < -0.3 is 9.97 Å². The van der Waals surface area contributed by atoms with E-state index in [1.54, 1.807) is 31.3 Å². The van der Waals surface area contributed by atoms with Crippen LogP contribution in [-0.4, -0.2) is 18.0 Å². The van der Waals surface area contributed by atoms with Crippen molar-refractivity contribution in [3.8, 4) is 22.5 Å². The fraction of sp³-hybridized carbons (Fsp3) is 0.182. The molecule has 8 rings (SSSR count). The predicted molar refractivity (Wildman–Crippen MR) is 211 cm³/mol. The van der Waals surface area contributed by atoms with E-state index in [1.165, 1.54) is 48.6 Å². The van der Waals surface area contributed by atoms with Crippen LogP contribution < -0.4 is 5.19 Å². The van der Waals surface area contributed by atoms with Crippen molar-refractivity contribution in [2.45, 2.75) is 53.2 Å². The topological polar surface area (TPSA) is 25.8 Å². The van der Waals surface area contributed by atoms with E-state index >= 15 is 0 Å². The Morgan fingerprint density at radius 2 is 1.49 bits per heavy atom. The summed E-state index contributed by atoms with van der Waals surface area (Å²) in [5.41, 5.74) is 5.39. The Morgan fingerprint density at radius 3 is 2.18 bits per heavy atom. The van der Waals surface area contributed by atoms with E-state index < -0.39 is 20.8 Å². The van der Waals surface area contributed by atoms with Crippen LogP contribution in [-0.2, 0) is 20.1 Å². The maximum absolute atomic E-state index is 8.60. The molecule has 0 saturated heterocycles. The molecule has 49 heavy (non-hydrogen) atoms. The Labute approximate surface area is 314 Å². The van der Waals surface area contributed by atoms with Gasteiger partial charge in [0.05, 0.1) is 8.07 Å². The van der Waals surface area contributed by atoms with Crippen LogP contribution in [0, 0.1) is 25.9 Å². The Morgan fingerprint density at radius 1 is 0.735 bits per heavy atom. The molecule has 0 fully saturated rings. The van der Waals surface area contributed by atoms with Gasteiger partial charge in [-0.15, -0.1) is 59.7 Å². The van der Waals surface area contributed by atoms with Gasteiger partial charge in [-0.25, -0.2) is 0 Å². The monoisotopic (exact) mass is 853 g/mol. The minimum absolute atomic E-state index is 0. The molecule has 0 amide bonds. The van der Waals surface area contributed by atoms with Crippen molar-refractivity contribution in [1.82, 2.24) is 9.97 Å². The van der Waals surface area contributed by atoms with Crippen molar-refractivity contribution < 1.29 is 25.6 Å². The largest absolute Gasteiger partial charge is 0.305 e. The standard InChI is InChI=1S/C30H24NS.C14H16NSi.Ir/c1-17(2)26-15-27(31-16-19(26)4)25-11-7-10-23-24-13-12-20-14-18(3)21-8-5-6-9-22(21)28(20)30(24)32-29(23)25;1-16(2,3)13-9-10-14(15-11-13)12-7-5-4-6-8-12;/h5-10,12-17H,1-4H3;4-7,9-11H,1-3H3;/q2*-1;/i4D3,17D;;. The van der Waals surface area contributed by atoms with Crippen molar-refractivity contribution in [3.05, 3.63) is 138 Å². The van der Waals surface area contributed by atoms with Crippen LogP contribution in [0.3, 0.4) is 0 Å². The van der Waals surface area contributed by atoms with Gasteiger partial charge in [-0.05, 0) is 79.2 Å². The second-order valence-corrected chi connectivity index (χ2v) is 19.6. The summed E-state index contributed by atoms with van der Waals surface area (Å²) >= 11 is 1.73. The van der Waals surface area contributed by atoms with E-state index in [2.05, 4.69) is 109 Å². The Hall–Kier alpha value is -3.99. The van der Waals surface area contributed by atoms with Gasteiger partial charge in [-0.3, -0.25) is 0 Å². The molecule has 0 N–H and O–H groups in total. The maximum Gasteiger partial charge on any atom is 0.0795 e. The zero-order valence-corrected chi connectivity index (χ0v) is 32.7. The van der Waals surface area contributed by atoms with Gasteiger partial charge in [0.15, 0.2) is 0 Å². The van der Waals surface area contributed by atoms with Gasteiger partial charge in [0.25, 0.3) is 0 Å². The molecule has 0 atom stereocenters. The molecule has 3 aromatic heterocycles. The van der Waals surface area contributed by atoms with Crippen LogP contribution in [0.25, 0.3) is 64.2 Å². The molecule has 0 bridgehead atoms. The number of benzene rings is 5. The molecule has 0 aliphatic carbocycles. The average molecular weight is 853 g/mol. The molecule has 0 aliphatic rings. The molecule has 247 valence electrons. The normalized spacial score (nSPS) is 13.3. The Kier molecular flexibility index (Phi) is 8.59. The van der Waals surface area contributed by atoms with Gasteiger partial charge >= 0.3 is 0 Å². The van der Waals surface area contributed by atoms with E-state index in [9.17, 15) is 0 Å². The summed E-state index contributed by atoms with van der Waals surface area (Å²) < 4.78 is 34.7. The molecule has 0 unspecified atom stereocenters. The minimum Gasteiger partial charge on any atom is -0.305 e. The summed E-state index contributed by atoms with van der Waals surface area (Å²) in [4.78, 5) is 9.08. The Balaban J connectivity index is 0.000000238. The quantitative estimate of drug-likeness (QED) is 0.100. The van der Waals surface area contributed by atoms with Gasteiger partial charge in [0.1, 0.15) is 0 Å². The fourth-order valence-corrected chi connectivity index (χ4v) is 8.73. The van der Waals surface area contributed by atoms with Crippen molar-refractivity contribution in [2.24, 2.45) is 0 Å². The number of hydrogen-bond acceptors (Lipinski definition) is 3. The van der Waals surface area contributed by atoms with Crippen molar-refractivity contribution in [2.75, 3.05) is 0 Å². The second-order valence-electron chi connectivity index (χ2n) is 13.6. The molecule has 0 spiro atoms. The van der Waals surface area contributed by atoms with E-state index in [1.807, 2.05) is 36.5 Å². The molecule has 5 aromatic carbocycles. The summed E-state index contributed by atoms with van der Waals surface area (Å²) in [5, 5.41) is 8.68. The predicted octanol–water partition coefficient (Wildman–Crippen LogP) is 12.1. The first-order valence-corrected chi connectivity index (χ1v) is 20.6. The van der Waals surface area contributed by atoms with Crippen LogP contribution in [0.4, 0.5) is 0 Å². The van der Waals surface area contributed by atoms with Gasteiger partial charge in [-0.2, -0.15) is 11.3 Å². The number of aromatic nitrogens is 2. The molecule has 2 nitrogen and oxygen atoms in total. The summed E-state index contributed by atoms with van der Waals surface area (Å²) in [5.74, 6) is -1.08. The molecule has 5 heteroatoms. The molecule has 3 heterocycles. The smallest absolute Gasteiger partial charge is 0.0795 e. The van der Waals surface area contributed by atoms with Crippen LogP contribution in [0.1, 0.15) is 41.9 Å². The van der Waals surface area contributed by atoms with E-state index in [0.717, 1.165) is 26.9 Å². The summed E-state index contributed by atoms with van der Waals surface area (Å²) in [7, 11) is -1.23. The summed E-state index contributed by atoms with van der Waals surface area (Å²) in [6.07, 6.45) is 3.43. The molecule has 1 radical (unpaired) electrons. The average Bonchev–Trinajstić information content (AvgIpc) is 3.50. The zero-order chi connectivity index (χ0) is 37.0. The number of hydrogen-bond donors (Lipinski definition) is 0. The van der Waals surface area contributed by atoms with Gasteiger partial charge in [0.2, 0.25) is 0 Å². The van der Waals surface area contributed by atoms with Crippen LogP contribution in [0.5, 0.6) is 0 Å². The number of nitrogens with zero attached hydrogens (tertiary/aromatic N) is 2. The zero-order valence-electron chi connectivity index (χ0n) is 32.5. The molecular formula is C44H40IrN2SSi-2. The SMILES string of the molecule is C[Si](C)(C)c1ccc(-c2[c-]cccc2)nc1.[2H]C([2H])([2H])c1cnc(-c2[c-]ccc3c2sc2c3ccc3cc(C)c4ccccc4c32)cc1C([2H])(C)C.[Ir]. The molecule has 8 aromatic rings. The van der Waals surface area contributed by atoms with Gasteiger partial charge in [-0.1, -0.05) is 99.5 Å². The van der Waals surface area contributed by atoms with E-state index in [0.29, 0.717) is 11.3 Å². The molecular weight excluding hydrogens is 809 g/mol. The van der Waals surface area contributed by atoms with E-state index in [-0.39, 0.29) is 25.7 Å². The first-order chi connectivity index (χ1) is 24.6. The van der Waals surface area contributed by atoms with E-state index in [4.69, 9.17) is 5.48 Å². The minimum atomic E-state index is -2.33. The fourth-order valence-electron chi connectivity index (χ4n) is 6.32. The van der Waals surface area contributed by atoms with Crippen LogP contribution >= 0.6 is 11.3 Å². The summed E-state index contributed by atoms with van der Waals surface area (Å²) in [6, 6.07) is 39.8. The number of aryl methyl sites for hydroxylation is 2. The number of rotatable bonds is 4. The van der Waals surface area contributed by atoms with Gasteiger partial charge in [0, 0.05) is 48.1 Å². The summed E-state index contributed by atoms with van der Waals surface area (Å²) in [6.45, 7) is 10.2. The molecule has 0 saturated carbocycles. The van der Waals surface area contributed by atoms with Crippen molar-refractivity contribution in [1.29, 1.82) is 0 Å². The maximum atomic E-state index is 8.60. The Bertz CT molecular complexity index is 2590. The number of fused-ring (bicyclic) bond motifs is 7. The molecule has 0 aliphatic heterocycles. The third-order valence-corrected chi connectivity index (χ3v) is 12.2. The second kappa shape index (κ2) is 14.1. The van der Waals surface area contributed by atoms with Crippen molar-refractivity contribution in [3.63, 3.8) is 0 Å². The third kappa shape index (κ3) is 6.78. The first kappa shape index (κ1) is 29.9. The first-order valence-electron chi connectivity index (χ1n) is 18.2. The van der Waals surface area contributed by atoms with Crippen LogP contribution in [0.15, 0.2) is 109 Å². The van der Waals surface area contributed by atoms with Crippen molar-refractivity contribution >= 4 is 66.3 Å².